The highest BCUT2D eigenvalue weighted by Gasteiger charge is 2.21. The first-order valence-electron chi connectivity index (χ1n) is 7.91. The van der Waals surface area contributed by atoms with Crippen molar-refractivity contribution in [3.63, 3.8) is 0 Å². The monoisotopic (exact) mass is 404 g/mol. The Morgan fingerprint density at radius 3 is 2.62 bits per heavy atom. The van der Waals surface area contributed by atoms with Gasteiger partial charge in [0.2, 0.25) is 0 Å². The van der Waals surface area contributed by atoms with Gasteiger partial charge in [0, 0.05) is 16.1 Å². The van der Waals surface area contributed by atoms with E-state index in [0.29, 0.717) is 10.4 Å². The number of fused-ring (bicyclic) bond motifs is 2. The van der Waals surface area contributed by atoms with Crippen molar-refractivity contribution in [3.8, 4) is 0 Å². The normalized spacial score (nSPS) is 15.2. The van der Waals surface area contributed by atoms with Gasteiger partial charge in [-0.15, -0.1) is 0 Å². The lowest BCUT2D eigenvalue weighted by Gasteiger charge is -2.12. The minimum Gasteiger partial charge on any atom is -0.316 e. The molecule has 24 heavy (non-hydrogen) atoms. The number of halogens is 1. The Bertz CT molecular complexity index is 1020. The predicted octanol–water partition coefficient (Wildman–Crippen LogP) is 3.33. The van der Waals surface area contributed by atoms with Gasteiger partial charge in [0.15, 0.2) is 0 Å². The summed E-state index contributed by atoms with van der Waals surface area (Å²) in [4.78, 5) is 0.344. The van der Waals surface area contributed by atoms with Crippen molar-refractivity contribution in [2.75, 3.05) is 13.1 Å². The molecule has 1 aliphatic rings. The Morgan fingerprint density at radius 1 is 1.00 bits per heavy atom. The molecule has 2 heterocycles. The molecule has 0 unspecified atom stereocenters. The molecule has 1 aromatic heterocycles. The van der Waals surface area contributed by atoms with Crippen LogP contribution in [0.25, 0.3) is 10.9 Å². The van der Waals surface area contributed by atoms with E-state index in [1.165, 1.54) is 9.54 Å². The van der Waals surface area contributed by atoms with Gasteiger partial charge in [-0.2, -0.15) is 0 Å². The molecule has 0 aliphatic carbocycles. The van der Waals surface area contributed by atoms with Crippen molar-refractivity contribution in [1.82, 2.24) is 9.29 Å². The Labute approximate surface area is 149 Å². The van der Waals surface area contributed by atoms with E-state index in [0.717, 1.165) is 41.4 Å². The lowest BCUT2D eigenvalue weighted by molar-refractivity contribution is 0.589. The van der Waals surface area contributed by atoms with Crippen LogP contribution in [0.4, 0.5) is 0 Å². The van der Waals surface area contributed by atoms with Gasteiger partial charge in [0.05, 0.1) is 10.4 Å². The number of para-hydroxylation sites is 1. The summed E-state index contributed by atoms with van der Waals surface area (Å²) in [7, 11) is -3.62. The Kier molecular flexibility index (Phi) is 3.98. The second-order valence-electron chi connectivity index (χ2n) is 5.97. The van der Waals surface area contributed by atoms with Crippen LogP contribution < -0.4 is 5.32 Å². The van der Waals surface area contributed by atoms with E-state index in [1.54, 1.807) is 12.3 Å². The first kappa shape index (κ1) is 15.9. The Balaban J connectivity index is 1.87. The first-order chi connectivity index (χ1) is 11.6. The SMILES string of the molecule is O=S(=O)(c1ccc2c(c1)CCNCC2)n1ccc2cccc(Br)c21. The van der Waals surface area contributed by atoms with E-state index in [2.05, 4.69) is 21.2 Å². The van der Waals surface area contributed by atoms with Gasteiger partial charge in [-0.25, -0.2) is 12.4 Å². The molecular weight excluding hydrogens is 388 g/mol. The van der Waals surface area contributed by atoms with E-state index in [4.69, 9.17) is 0 Å². The number of hydrogen-bond donors (Lipinski definition) is 1. The maximum atomic E-state index is 13.2. The highest BCUT2D eigenvalue weighted by Crippen LogP contribution is 2.29. The smallest absolute Gasteiger partial charge is 0.268 e. The van der Waals surface area contributed by atoms with Crippen molar-refractivity contribution >= 4 is 36.9 Å². The Hall–Kier alpha value is -1.63. The number of nitrogens with zero attached hydrogens (tertiary/aromatic N) is 1. The molecule has 2 aromatic carbocycles. The summed E-state index contributed by atoms with van der Waals surface area (Å²) in [5, 5.41) is 4.25. The van der Waals surface area contributed by atoms with Gasteiger partial charge in [-0.1, -0.05) is 18.2 Å². The van der Waals surface area contributed by atoms with Gasteiger partial charge in [-0.3, -0.25) is 0 Å². The summed E-state index contributed by atoms with van der Waals surface area (Å²) in [6, 6.07) is 13.0. The van der Waals surface area contributed by atoms with E-state index >= 15 is 0 Å². The van der Waals surface area contributed by atoms with Gasteiger partial charge in [0.25, 0.3) is 10.0 Å². The average Bonchev–Trinajstić information content (AvgIpc) is 2.88. The van der Waals surface area contributed by atoms with E-state index in [9.17, 15) is 8.42 Å². The van der Waals surface area contributed by atoms with Crippen molar-refractivity contribution in [2.24, 2.45) is 0 Å². The second kappa shape index (κ2) is 6.02. The molecule has 6 heteroatoms. The number of rotatable bonds is 2. The molecule has 1 aliphatic heterocycles. The zero-order valence-electron chi connectivity index (χ0n) is 13.0. The van der Waals surface area contributed by atoms with Crippen LogP contribution in [0.3, 0.4) is 0 Å². The first-order valence-corrected chi connectivity index (χ1v) is 10.1. The average molecular weight is 405 g/mol. The fourth-order valence-electron chi connectivity index (χ4n) is 3.25. The standard InChI is InChI=1S/C18H17BrN2O2S/c19-17-3-1-2-14-8-11-21(18(14)17)24(22,23)16-5-4-13-6-9-20-10-7-15(13)12-16/h1-5,8,11-12,20H,6-7,9-10H2. The summed E-state index contributed by atoms with van der Waals surface area (Å²) in [6.45, 7) is 1.82. The van der Waals surface area contributed by atoms with Gasteiger partial charge < -0.3 is 5.32 Å². The highest BCUT2D eigenvalue weighted by molar-refractivity contribution is 9.10. The molecule has 4 nitrogen and oxygen atoms in total. The van der Waals surface area contributed by atoms with Crippen molar-refractivity contribution in [1.29, 1.82) is 0 Å². The zero-order chi connectivity index (χ0) is 16.7. The fraction of sp³-hybridized carbons (Fsp3) is 0.222. The molecule has 0 radical (unpaired) electrons. The highest BCUT2D eigenvalue weighted by atomic mass is 79.9. The molecule has 0 saturated carbocycles. The predicted molar refractivity (Wildman–Crippen MR) is 98.9 cm³/mol. The molecule has 0 atom stereocenters. The van der Waals surface area contributed by atoms with Crippen LogP contribution in [0.2, 0.25) is 0 Å². The summed E-state index contributed by atoms with van der Waals surface area (Å²) in [5.41, 5.74) is 3.03. The van der Waals surface area contributed by atoms with Crippen molar-refractivity contribution in [2.45, 2.75) is 17.7 Å². The molecule has 3 aromatic rings. The van der Waals surface area contributed by atoms with Crippen LogP contribution in [0, 0.1) is 0 Å². The Morgan fingerprint density at radius 2 is 1.79 bits per heavy atom. The molecule has 0 saturated heterocycles. The van der Waals surface area contributed by atoms with Gasteiger partial charge >= 0.3 is 0 Å². The van der Waals surface area contributed by atoms with E-state index in [1.807, 2.05) is 36.4 Å². The number of benzene rings is 2. The zero-order valence-corrected chi connectivity index (χ0v) is 15.4. The topological polar surface area (TPSA) is 51.1 Å². The largest absolute Gasteiger partial charge is 0.316 e. The van der Waals surface area contributed by atoms with Crippen LogP contribution in [0.5, 0.6) is 0 Å². The minimum atomic E-state index is -3.62. The van der Waals surface area contributed by atoms with E-state index < -0.39 is 10.0 Å². The molecule has 0 fully saturated rings. The molecular formula is C18H17BrN2O2S. The third-order valence-corrected chi connectivity index (χ3v) is 6.82. The number of aromatic nitrogens is 1. The van der Waals surface area contributed by atoms with Crippen LogP contribution >= 0.6 is 15.9 Å². The lowest BCUT2D eigenvalue weighted by Crippen LogP contribution is -2.16. The molecule has 0 bridgehead atoms. The van der Waals surface area contributed by atoms with Gasteiger partial charge in [0.1, 0.15) is 0 Å². The third-order valence-electron chi connectivity index (χ3n) is 4.50. The molecule has 0 amide bonds. The van der Waals surface area contributed by atoms with Crippen LogP contribution in [0.1, 0.15) is 11.1 Å². The number of hydrogen-bond acceptors (Lipinski definition) is 3. The minimum absolute atomic E-state index is 0.344. The molecule has 124 valence electrons. The van der Waals surface area contributed by atoms with Crippen LogP contribution in [-0.2, 0) is 22.9 Å². The molecule has 4 rings (SSSR count). The summed E-state index contributed by atoms with van der Waals surface area (Å²) in [6.07, 6.45) is 3.42. The van der Waals surface area contributed by atoms with Crippen molar-refractivity contribution < 1.29 is 8.42 Å². The maximum Gasteiger partial charge on any atom is 0.268 e. The quantitative estimate of drug-likeness (QED) is 0.712. The van der Waals surface area contributed by atoms with Crippen LogP contribution in [0.15, 0.2) is 58.0 Å². The number of nitrogens with one attached hydrogen (secondary N) is 1. The lowest BCUT2D eigenvalue weighted by atomic mass is 10.0. The second-order valence-corrected chi connectivity index (χ2v) is 8.64. The van der Waals surface area contributed by atoms with E-state index in [-0.39, 0.29) is 0 Å². The van der Waals surface area contributed by atoms with Crippen molar-refractivity contribution in [3.05, 3.63) is 64.3 Å². The molecule has 0 spiro atoms. The summed E-state index contributed by atoms with van der Waals surface area (Å²) < 4.78 is 28.5. The fourth-order valence-corrected chi connectivity index (χ4v) is 5.36. The maximum absolute atomic E-state index is 13.2. The van der Waals surface area contributed by atoms with Gasteiger partial charge in [-0.05, 0) is 77.3 Å². The molecule has 1 N–H and O–H groups in total. The third kappa shape index (κ3) is 2.59. The summed E-state index contributed by atoms with van der Waals surface area (Å²) >= 11 is 3.47. The summed E-state index contributed by atoms with van der Waals surface area (Å²) in [5.74, 6) is 0. The van der Waals surface area contributed by atoms with Crippen LogP contribution in [-0.4, -0.2) is 25.5 Å².